The van der Waals surface area contributed by atoms with E-state index in [9.17, 15) is 0 Å². The van der Waals surface area contributed by atoms with E-state index in [0.717, 1.165) is 12.8 Å². The van der Waals surface area contributed by atoms with Crippen LogP contribution in [0.1, 0.15) is 115 Å². The van der Waals surface area contributed by atoms with Crippen LogP contribution in [-0.2, 0) is 53.3 Å². The Morgan fingerprint density at radius 2 is 1.30 bits per heavy atom. The molecule has 0 saturated carbocycles. The van der Waals surface area contributed by atoms with Crippen molar-refractivity contribution < 1.29 is 49.0 Å². The molecule has 3 heteroatoms. The van der Waals surface area contributed by atoms with Crippen molar-refractivity contribution >= 4 is 3.21 Å². The van der Waals surface area contributed by atoms with Gasteiger partial charge in [-0.2, -0.15) is 52.6 Å². The molecule has 0 amide bonds. The molecule has 0 N–H and O–H groups in total. The van der Waals surface area contributed by atoms with Crippen LogP contribution in [0.4, 0.5) is 0 Å². The van der Waals surface area contributed by atoms with Crippen molar-refractivity contribution in [3.05, 3.63) is 124 Å². The molecule has 0 fully saturated rings. The molecule has 43 heavy (non-hydrogen) atoms. The van der Waals surface area contributed by atoms with Crippen molar-refractivity contribution in [2.45, 2.75) is 105 Å². The number of aryl methyl sites for hydroxylation is 1. The van der Waals surface area contributed by atoms with E-state index in [0.29, 0.717) is 5.41 Å². The second kappa shape index (κ2) is 16.1. The minimum Gasteiger partial charge on any atom is -1.00 e. The molecule has 0 nitrogen and oxygen atoms in total. The average molecular weight is 693 g/mol. The van der Waals surface area contributed by atoms with Gasteiger partial charge in [-0.3, -0.25) is 0 Å². The van der Waals surface area contributed by atoms with Crippen LogP contribution in [0.3, 0.4) is 0 Å². The standard InChI is InChI=1S/C21H25.C11H17.C8H8.2ClH.Zr/c1-20(2,3)16-9-7-14-11-15-8-10-17(21(4,5)6)13-19(15)18(14)12-16;1-5-9-6-7-10(8-9)11(2,3)4;1-2-8-6-4-3-5-7-8;;;/h7,9-10,12-13H,11H2,1-6H3;6-8H,5H2,1-4H3;3-7H,1H3;2*1H;/q2*-1;;;;+2/p-2. The fourth-order valence-corrected chi connectivity index (χ4v) is 5.26. The summed E-state index contributed by atoms with van der Waals surface area (Å²) in [6, 6.07) is 32.3. The van der Waals surface area contributed by atoms with Gasteiger partial charge < -0.3 is 24.8 Å². The molecule has 4 aromatic carbocycles. The predicted molar refractivity (Wildman–Crippen MR) is 177 cm³/mol. The molecule has 5 rings (SSSR count). The van der Waals surface area contributed by atoms with Gasteiger partial charge in [-0.15, -0.1) is 5.56 Å². The van der Waals surface area contributed by atoms with E-state index >= 15 is 0 Å². The minimum atomic E-state index is 0. The molecule has 0 saturated heterocycles. The molecule has 1 aliphatic carbocycles. The molecule has 0 atom stereocenters. The summed E-state index contributed by atoms with van der Waals surface area (Å²) in [5.41, 5.74) is 13.4. The Kier molecular flexibility index (Phi) is 14.7. The maximum Gasteiger partial charge on any atom is -1.00 e. The molecule has 0 heterocycles. The van der Waals surface area contributed by atoms with Crippen LogP contribution >= 0.6 is 0 Å². The van der Waals surface area contributed by atoms with E-state index in [2.05, 4.69) is 155 Å². The van der Waals surface area contributed by atoms with E-state index in [1.807, 2.05) is 6.07 Å². The predicted octanol–water partition coefficient (Wildman–Crippen LogP) is 4.70. The molecule has 4 aromatic rings. The zero-order chi connectivity index (χ0) is 30.6. The van der Waals surface area contributed by atoms with E-state index in [-0.39, 0.29) is 35.6 Å². The van der Waals surface area contributed by atoms with Crippen LogP contribution in [0, 0.1) is 6.07 Å². The molecule has 0 spiro atoms. The Morgan fingerprint density at radius 1 is 0.744 bits per heavy atom. The van der Waals surface area contributed by atoms with E-state index < -0.39 is 0 Å². The fraction of sp³-hybridized carbons (Fsp3) is 0.400. The third-order valence-electron chi connectivity index (χ3n) is 7.83. The van der Waals surface area contributed by atoms with Gasteiger partial charge in [0.25, 0.3) is 0 Å². The first kappa shape index (κ1) is 39.4. The first-order valence-electron chi connectivity index (χ1n) is 15.1. The Bertz CT molecular complexity index is 1390. The van der Waals surface area contributed by atoms with Crippen LogP contribution in [0.15, 0.2) is 78.9 Å². The Hall–Kier alpha value is -1.66. The smallest absolute Gasteiger partial charge is 1.00 e. The van der Waals surface area contributed by atoms with Gasteiger partial charge in [-0.25, -0.2) is 6.07 Å². The third kappa shape index (κ3) is 11.0. The van der Waals surface area contributed by atoms with Gasteiger partial charge in [0, 0.05) is 0 Å². The molecule has 0 radical (unpaired) electrons. The Balaban J connectivity index is 0.000000356. The van der Waals surface area contributed by atoms with Crippen molar-refractivity contribution in [2.75, 3.05) is 0 Å². The molecule has 0 aliphatic heterocycles. The van der Waals surface area contributed by atoms with Gasteiger partial charge in [-0.05, 0) is 17.4 Å². The summed E-state index contributed by atoms with van der Waals surface area (Å²) < 4.78 is 1.46. The van der Waals surface area contributed by atoms with Gasteiger partial charge in [0.15, 0.2) is 0 Å². The van der Waals surface area contributed by atoms with Gasteiger partial charge in [0.05, 0.1) is 0 Å². The van der Waals surface area contributed by atoms with Gasteiger partial charge in [0.1, 0.15) is 0 Å². The molecular formula is C40H50Cl2Zr-2. The summed E-state index contributed by atoms with van der Waals surface area (Å²) in [6.07, 6.45) is 2.18. The average Bonchev–Trinajstić information content (AvgIpc) is 3.53. The van der Waals surface area contributed by atoms with E-state index in [1.54, 1.807) is 0 Å². The van der Waals surface area contributed by atoms with Crippen LogP contribution in [0.5, 0.6) is 0 Å². The van der Waals surface area contributed by atoms with Crippen LogP contribution in [0.2, 0.25) is 0 Å². The van der Waals surface area contributed by atoms with Crippen LogP contribution in [-0.4, -0.2) is 3.21 Å². The van der Waals surface area contributed by atoms with Crippen LogP contribution in [0.25, 0.3) is 11.1 Å². The fourth-order valence-electron chi connectivity index (χ4n) is 4.85. The maximum absolute atomic E-state index is 3.53. The quantitative estimate of drug-likeness (QED) is 0.236. The Labute approximate surface area is 290 Å². The first-order chi connectivity index (χ1) is 19.0. The summed E-state index contributed by atoms with van der Waals surface area (Å²) in [5.74, 6) is 0. The number of hydrogen-bond donors (Lipinski definition) is 0. The second-order valence-corrected chi connectivity index (χ2v) is 16.3. The number of rotatable bonds is 2. The summed E-state index contributed by atoms with van der Waals surface area (Å²) in [5, 5.41) is 0. The van der Waals surface area contributed by atoms with E-state index in [4.69, 9.17) is 0 Å². The van der Waals surface area contributed by atoms with Crippen molar-refractivity contribution in [2.24, 2.45) is 0 Å². The molecule has 0 bridgehead atoms. The largest absolute Gasteiger partial charge is 1.00 e. The molecule has 0 aromatic heterocycles. The maximum atomic E-state index is 3.53. The zero-order valence-corrected chi connectivity index (χ0v) is 32.1. The number of benzene rings is 3. The normalized spacial score (nSPS) is 11.8. The summed E-state index contributed by atoms with van der Waals surface area (Å²) in [7, 11) is 0. The molecule has 0 unspecified atom stereocenters. The van der Waals surface area contributed by atoms with Gasteiger partial charge >= 0.3 is 70.3 Å². The van der Waals surface area contributed by atoms with Gasteiger partial charge in [0.2, 0.25) is 0 Å². The molecular weight excluding hydrogens is 643 g/mol. The minimum absolute atomic E-state index is 0. The SMILES string of the molecule is CC(C)(C)c1c[c-]c2c(c1)-c1cc(C(C)(C)C)ccc1C2.CCc1cc(C(C)(C)C)c[cH-]1.C[C](=[Zr+2])c1ccccc1.[Cl-].[Cl-]. The number of halogens is 2. The van der Waals surface area contributed by atoms with E-state index in [1.165, 1.54) is 77.5 Å². The number of hydrogen-bond acceptors (Lipinski definition) is 0. The second-order valence-electron chi connectivity index (χ2n) is 14.4. The molecule has 1 aliphatic rings. The summed E-state index contributed by atoms with van der Waals surface area (Å²) in [4.78, 5) is 0. The van der Waals surface area contributed by atoms with Crippen molar-refractivity contribution in [1.29, 1.82) is 0 Å². The topological polar surface area (TPSA) is 0 Å². The molecule has 230 valence electrons. The number of fused-ring (bicyclic) bond motifs is 3. The first-order valence-corrected chi connectivity index (χ1v) is 16.3. The third-order valence-corrected chi connectivity index (χ3v) is 8.53. The van der Waals surface area contributed by atoms with Crippen molar-refractivity contribution in [3.8, 4) is 11.1 Å². The zero-order valence-electron chi connectivity index (χ0n) is 28.2. The summed E-state index contributed by atoms with van der Waals surface area (Å²) >= 11 is 1.51. The van der Waals surface area contributed by atoms with Gasteiger partial charge in [-0.1, -0.05) is 116 Å². The van der Waals surface area contributed by atoms with Crippen molar-refractivity contribution in [1.82, 2.24) is 0 Å². The van der Waals surface area contributed by atoms with Crippen LogP contribution < -0.4 is 24.8 Å². The summed E-state index contributed by atoms with van der Waals surface area (Å²) in [6.45, 7) is 24.8. The monoisotopic (exact) mass is 690 g/mol. The van der Waals surface area contributed by atoms with Crippen molar-refractivity contribution in [3.63, 3.8) is 0 Å². The Morgan fingerprint density at radius 3 is 1.74 bits per heavy atom.